The van der Waals surface area contributed by atoms with Crippen molar-refractivity contribution < 1.29 is 0 Å². The van der Waals surface area contributed by atoms with Crippen molar-refractivity contribution in [1.29, 1.82) is 0 Å². The number of hydrogen-bond acceptors (Lipinski definition) is 1. The van der Waals surface area contributed by atoms with Gasteiger partial charge in [0.15, 0.2) is 0 Å². The normalized spacial score (nSPS) is 44.6. The molecule has 48 valence electrons. The summed E-state index contributed by atoms with van der Waals surface area (Å²) in [5.41, 5.74) is 6.16. The molecule has 2 atom stereocenters. The van der Waals surface area contributed by atoms with E-state index in [9.17, 15) is 0 Å². The van der Waals surface area contributed by atoms with Crippen molar-refractivity contribution in [3.05, 3.63) is 0 Å². The van der Waals surface area contributed by atoms with Crippen molar-refractivity contribution in [2.24, 2.45) is 11.7 Å². The SMILES string of the molecule is CCCC1(N)CC1C. The van der Waals surface area contributed by atoms with Gasteiger partial charge in [-0.05, 0) is 18.8 Å². The third-order valence-electron chi connectivity index (χ3n) is 2.22. The van der Waals surface area contributed by atoms with Gasteiger partial charge >= 0.3 is 0 Å². The molecule has 0 bridgehead atoms. The monoisotopic (exact) mass is 113 g/mol. The quantitative estimate of drug-likeness (QED) is 0.577. The highest BCUT2D eigenvalue weighted by atomic mass is 14.8. The molecular weight excluding hydrogens is 98.1 g/mol. The first-order valence-corrected chi connectivity index (χ1v) is 3.48. The molecule has 0 aliphatic heterocycles. The minimum atomic E-state index is 0.259. The molecule has 2 unspecified atom stereocenters. The van der Waals surface area contributed by atoms with Gasteiger partial charge < -0.3 is 5.73 Å². The van der Waals surface area contributed by atoms with Crippen molar-refractivity contribution >= 4 is 0 Å². The third kappa shape index (κ3) is 0.873. The first-order valence-electron chi connectivity index (χ1n) is 3.48. The molecule has 0 aromatic carbocycles. The number of rotatable bonds is 2. The molecular formula is C7H15N. The average molecular weight is 113 g/mol. The number of nitrogens with two attached hydrogens (primary N) is 1. The highest BCUT2D eigenvalue weighted by Crippen LogP contribution is 2.43. The van der Waals surface area contributed by atoms with Crippen LogP contribution >= 0.6 is 0 Å². The molecule has 8 heavy (non-hydrogen) atoms. The van der Waals surface area contributed by atoms with Crippen LogP contribution < -0.4 is 5.73 Å². The van der Waals surface area contributed by atoms with Gasteiger partial charge in [-0.3, -0.25) is 0 Å². The van der Waals surface area contributed by atoms with Gasteiger partial charge in [0, 0.05) is 5.54 Å². The standard InChI is InChI=1S/C7H15N/c1-3-4-7(8)5-6(7)2/h6H,3-5,8H2,1-2H3. The maximum atomic E-state index is 5.90. The third-order valence-corrected chi connectivity index (χ3v) is 2.22. The molecule has 1 rings (SSSR count). The van der Waals surface area contributed by atoms with E-state index in [0.29, 0.717) is 0 Å². The predicted molar refractivity (Wildman–Crippen MR) is 35.6 cm³/mol. The molecule has 1 nitrogen and oxygen atoms in total. The molecule has 1 aliphatic rings. The van der Waals surface area contributed by atoms with Gasteiger partial charge in [0.25, 0.3) is 0 Å². The smallest absolute Gasteiger partial charge is 0.0184 e. The average Bonchev–Trinajstić information content (AvgIpc) is 2.16. The summed E-state index contributed by atoms with van der Waals surface area (Å²) in [6.45, 7) is 4.43. The van der Waals surface area contributed by atoms with Crippen LogP contribution in [-0.4, -0.2) is 5.54 Å². The lowest BCUT2D eigenvalue weighted by Gasteiger charge is -2.05. The maximum Gasteiger partial charge on any atom is 0.0184 e. The highest BCUT2D eigenvalue weighted by Gasteiger charge is 2.45. The van der Waals surface area contributed by atoms with Crippen molar-refractivity contribution in [1.82, 2.24) is 0 Å². The number of hydrogen-bond donors (Lipinski definition) is 1. The molecule has 2 N–H and O–H groups in total. The summed E-state index contributed by atoms with van der Waals surface area (Å²) < 4.78 is 0. The molecule has 1 aliphatic carbocycles. The van der Waals surface area contributed by atoms with E-state index in [1.807, 2.05) is 0 Å². The molecule has 0 amide bonds. The van der Waals surface area contributed by atoms with E-state index in [4.69, 9.17) is 5.73 Å². The van der Waals surface area contributed by atoms with Gasteiger partial charge in [0.2, 0.25) is 0 Å². The minimum absolute atomic E-state index is 0.259. The summed E-state index contributed by atoms with van der Waals surface area (Å²) in [4.78, 5) is 0. The Morgan fingerprint density at radius 1 is 1.75 bits per heavy atom. The molecule has 0 spiro atoms. The zero-order valence-electron chi connectivity index (χ0n) is 5.78. The lowest BCUT2D eigenvalue weighted by molar-refractivity contribution is 0.556. The fourth-order valence-electron chi connectivity index (χ4n) is 1.33. The van der Waals surface area contributed by atoms with E-state index < -0.39 is 0 Å². The van der Waals surface area contributed by atoms with Crippen LogP contribution in [0.1, 0.15) is 33.1 Å². The lowest BCUT2D eigenvalue weighted by atomic mass is 10.1. The Kier molecular flexibility index (Phi) is 1.31. The van der Waals surface area contributed by atoms with E-state index in [-0.39, 0.29) is 5.54 Å². The van der Waals surface area contributed by atoms with E-state index in [0.717, 1.165) is 5.92 Å². The minimum Gasteiger partial charge on any atom is -0.325 e. The zero-order valence-corrected chi connectivity index (χ0v) is 5.78. The second-order valence-corrected chi connectivity index (χ2v) is 3.09. The molecule has 1 saturated carbocycles. The fourth-order valence-corrected chi connectivity index (χ4v) is 1.33. The maximum absolute atomic E-state index is 5.90. The van der Waals surface area contributed by atoms with Crippen LogP contribution in [0.15, 0.2) is 0 Å². The summed E-state index contributed by atoms with van der Waals surface area (Å²) in [5, 5.41) is 0. The van der Waals surface area contributed by atoms with E-state index in [1.165, 1.54) is 19.3 Å². The van der Waals surface area contributed by atoms with Crippen LogP contribution in [-0.2, 0) is 0 Å². The molecule has 0 aromatic rings. The highest BCUT2D eigenvalue weighted by molar-refractivity contribution is 5.04. The summed E-state index contributed by atoms with van der Waals surface area (Å²) >= 11 is 0. The first kappa shape index (κ1) is 6.09. The second kappa shape index (κ2) is 1.73. The zero-order chi connectivity index (χ0) is 6.20. The molecule has 0 saturated heterocycles. The molecule has 1 heteroatoms. The Bertz CT molecular complexity index is 90.4. The summed E-state index contributed by atoms with van der Waals surface area (Å²) in [6, 6.07) is 0. The van der Waals surface area contributed by atoms with E-state index in [2.05, 4.69) is 13.8 Å². The van der Waals surface area contributed by atoms with Gasteiger partial charge in [-0.15, -0.1) is 0 Å². The molecule has 0 aromatic heterocycles. The molecule has 0 heterocycles. The van der Waals surface area contributed by atoms with Crippen LogP contribution in [0.5, 0.6) is 0 Å². The van der Waals surface area contributed by atoms with Gasteiger partial charge in [-0.25, -0.2) is 0 Å². The van der Waals surface area contributed by atoms with Crippen LogP contribution in [0.25, 0.3) is 0 Å². The van der Waals surface area contributed by atoms with Crippen molar-refractivity contribution in [2.45, 2.75) is 38.6 Å². The Labute approximate surface area is 51.3 Å². The van der Waals surface area contributed by atoms with Gasteiger partial charge in [0.05, 0.1) is 0 Å². The van der Waals surface area contributed by atoms with Crippen molar-refractivity contribution in [3.63, 3.8) is 0 Å². The summed E-state index contributed by atoms with van der Waals surface area (Å²) in [5.74, 6) is 0.794. The first-order chi connectivity index (χ1) is 3.69. The van der Waals surface area contributed by atoms with Crippen LogP contribution in [0, 0.1) is 5.92 Å². The van der Waals surface area contributed by atoms with Gasteiger partial charge in [-0.1, -0.05) is 20.3 Å². The largest absolute Gasteiger partial charge is 0.325 e. The van der Waals surface area contributed by atoms with Crippen LogP contribution in [0.3, 0.4) is 0 Å². The Morgan fingerprint density at radius 2 is 2.25 bits per heavy atom. The Hall–Kier alpha value is -0.0400. The van der Waals surface area contributed by atoms with E-state index >= 15 is 0 Å². The van der Waals surface area contributed by atoms with Crippen molar-refractivity contribution in [2.75, 3.05) is 0 Å². The summed E-state index contributed by atoms with van der Waals surface area (Å²) in [7, 11) is 0. The summed E-state index contributed by atoms with van der Waals surface area (Å²) in [6.07, 6.45) is 3.70. The molecule has 1 fully saturated rings. The predicted octanol–water partition coefficient (Wildman–Crippen LogP) is 1.52. The Balaban J connectivity index is 2.25. The van der Waals surface area contributed by atoms with Gasteiger partial charge in [0.1, 0.15) is 0 Å². The van der Waals surface area contributed by atoms with Crippen LogP contribution in [0.4, 0.5) is 0 Å². The second-order valence-electron chi connectivity index (χ2n) is 3.09. The van der Waals surface area contributed by atoms with Gasteiger partial charge in [-0.2, -0.15) is 0 Å². The van der Waals surface area contributed by atoms with Crippen molar-refractivity contribution in [3.8, 4) is 0 Å². The lowest BCUT2D eigenvalue weighted by Crippen LogP contribution is -2.23. The molecule has 0 radical (unpaired) electrons. The Morgan fingerprint density at radius 3 is 2.38 bits per heavy atom. The van der Waals surface area contributed by atoms with E-state index in [1.54, 1.807) is 0 Å². The fraction of sp³-hybridized carbons (Fsp3) is 1.00. The van der Waals surface area contributed by atoms with Crippen LogP contribution in [0.2, 0.25) is 0 Å². The topological polar surface area (TPSA) is 26.0 Å².